The van der Waals surface area contributed by atoms with Crippen molar-refractivity contribution in [2.24, 2.45) is 40.0 Å². The van der Waals surface area contributed by atoms with Crippen LogP contribution in [0, 0.1) is 6.92 Å². The van der Waals surface area contributed by atoms with Crippen molar-refractivity contribution in [3.05, 3.63) is 125 Å². The number of carboxylic acids is 3. The Hall–Kier alpha value is -6.94. The Bertz CT molecular complexity index is 2310. The molecule has 0 aliphatic carbocycles. The van der Waals surface area contributed by atoms with Crippen molar-refractivity contribution in [3.8, 4) is 0 Å². The molecule has 4 aromatic rings. The Morgan fingerprint density at radius 2 is 1.17 bits per heavy atom. The second-order valence-electron chi connectivity index (χ2n) is 16.0. The Labute approximate surface area is 410 Å². The summed E-state index contributed by atoms with van der Waals surface area (Å²) in [5, 5.41) is 35.5. The van der Waals surface area contributed by atoms with Gasteiger partial charge >= 0.3 is 23.0 Å². The Morgan fingerprint density at radius 1 is 0.696 bits per heavy atom. The van der Waals surface area contributed by atoms with E-state index in [4.69, 9.17) is 22.9 Å². The van der Waals surface area contributed by atoms with Crippen molar-refractivity contribution in [1.29, 1.82) is 0 Å². The molecule has 0 fully saturated rings. The maximum absolute atomic E-state index is 13.9. The summed E-state index contributed by atoms with van der Waals surface area (Å²) in [5.41, 5.74) is 26.7. The van der Waals surface area contributed by atoms with Crippen LogP contribution < -0.4 is 43.8 Å². The fraction of sp³-hybridized carbons (Fsp3) is 0.362. The van der Waals surface area contributed by atoms with E-state index in [1.165, 1.54) is 26.5 Å². The standard InChI is InChI=1S/C29H39N9O6.2C9H11NO2.Cu/c1-16(30)27(41)38(28(42)18(3)35-25(39)21(31)11-20-13-32-14-33-20)24(12-23-17(2)34-15-37(23)4)26(40)36-22(29(43)44)10-19-8-6-5-7-9-19;2*10-8(9(11)12)6-7-4-2-1-3-5-7;/h5-9,14-16,18,21-22,24H,10-13,30-31H2,1-4H3,(H,35,39)(H,36,40)(H,43,44);2*1-5,8H,6,10H2,(H,11,12);/q;;;+2/p-2/t16-,18-,21-,22-,24-;2*8-;/m000./s1. The Balaban J connectivity index is 0.000000528. The van der Waals surface area contributed by atoms with Crippen molar-refractivity contribution in [3.63, 3.8) is 0 Å². The number of imide groups is 1. The predicted octanol–water partition coefficient (Wildman–Crippen LogP) is -2.53. The molecule has 1 radical (unpaired) electrons. The van der Waals surface area contributed by atoms with E-state index in [0.29, 0.717) is 46.9 Å². The van der Waals surface area contributed by atoms with Crippen LogP contribution in [0.5, 0.6) is 0 Å². The van der Waals surface area contributed by atoms with Crippen molar-refractivity contribution < 1.29 is 66.0 Å². The van der Waals surface area contributed by atoms with Gasteiger partial charge in [0, 0.05) is 49.8 Å². The number of nitrogens with zero attached hydrogens (tertiary/aromatic N) is 5. The van der Waals surface area contributed by atoms with Crippen molar-refractivity contribution in [2.75, 3.05) is 6.54 Å². The van der Waals surface area contributed by atoms with Gasteiger partial charge in [0.15, 0.2) is 0 Å². The van der Waals surface area contributed by atoms with Crippen LogP contribution in [0.25, 0.3) is 0 Å². The summed E-state index contributed by atoms with van der Waals surface area (Å²) in [7, 11) is 1.68. The summed E-state index contributed by atoms with van der Waals surface area (Å²) in [6, 6.07) is 18.8. The number of aliphatic imine (C=N–C) groups is 2. The molecule has 11 N–H and O–H groups in total. The number of amides is 4. The van der Waals surface area contributed by atoms with E-state index in [1.54, 1.807) is 48.9 Å². The third kappa shape index (κ3) is 19.3. The summed E-state index contributed by atoms with van der Waals surface area (Å²) < 4.78 is 1.63. The number of rotatable bonds is 20. The molecule has 5 rings (SSSR count). The number of nitrogens with two attached hydrogens (primary N) is 4. The topological polar surface area (TPSA) is 360 Å². The first-order valence-corrected chi connectivity index (χ1v) is 21.5. The molecule has 0 spiro atoms. The minimum Gasteiger partial charge on any atom is -0.548 e. The molecule has 0 saturated heterocycles. The van der Waals surface area contributed by atoms with Crippen LogP contribution in [0.3, 0.4) is 0 Å². The molecule has 1 aliphatic heterocycles. The molecule has 373 valence electrons. The zero-order chi connectivity index (χ0) is 50.5. The van der Waals surface area contributed by atoms with Crippen LogP contribution >= 0.6 is 0 Å². The van der Waals surface area contributed by atoms with Crippen LogP contribution in [0.2, 0.25) is 0 Å². The maximum Gasteiger partial charge on any atom is 2.00 e. The molecule has 3 aromatic carbocycles. The smallest absolute Gasteiger partial charge is 0.548 e. The molecule has 1 aliphatic rings. The van der Waals surface area contributed by atoms with Crippen LogP contribution in [0.1, 0.15) is 48.3 Å². The van der Waals surface area contributed by atoms with E-state index >= 15 is 0 Å². The van der Waals surface area contributed by atoms with Gasteiger partial charge in [-0.1, -0.05) is 91.0 Å². The average molecular weight is 1000 g/mol. The Kier molecular flexibility index (Phi) is 24.5. The largest absolute Gasteiger partial charge is 2.00 e. The summed E-state index contributed by atoms with van der Waals surface area (Å²) in [6.07, 6.45) is 3.39. The number of nitrogens with one attached hydrogen (secondary N) is 2. The predicted molar refractivity (Wildman–Crippen MR) is 248 cm³/mol. The average Bonchev–Trinajstić information content (AvgIpc) is 3.94. The van der Waals surface area contributed by atoms with Gasteiger partial charge in [0.1, 0.15) is 24.5 Å². The molecule has 2 heterocycles. The molecule has 1 aromatic heterocycles. The number of hydrogen-bond donors (Lipinski definition) is 7. The van der Waals surface area contributed by atoms with Crippen molar-refractivity contribution in [2.45, 2.75) is 95.2 Å². The first kappa shape index (κ1) is 58.2. The number of hydrogen-bond acceptors (Lipinski definition) is 16. The van der Waals surface area contributed by atoms with Gasteiger partial charge in [0.05, 0.1) is 42.6 Å². The summed E-state index contributed by atoms with van der Waals surface area (Å²) >= 11 is 0. The van der Waals surface area contributed by atoms with Crippen LogP contribution in [-0.4, -0.2) is 122 Å². The van der Waals surface area contributed by atoms with Crippen molar-refractivity contribution in [1.82, 2.24) is 25.1 Å². The molecule has 0 unspecified atom stereocenters. The SMILES string of the molecule is Cc1ncn(C)c1C[C@@H](C(=O)N[C@@H](Cc1ccccc1)C(=O)O)N(C(=O)[C@H](C)N)C(=O)[C@H](C)NC(=O)[C@@H](N)CC1=NC=NC1.N[C@@H](Cc1ccccc1)C(=O)[O-].N[C@@H](Cc1ccccc1)C(=O)[O-].[Cu+2]. The molecule has 4 amide bonds. The number of aromatic nitrogens is 2. The van der Waals surface area contributed by atoms with Gasteiger partial charge in [0.2, 0.25) is 17.7 Å². The third-order valence-corrected chi connectivity index (χ3v) is 10.4. The van der Waals surface area contributed by atoms with E-state index in [2.05, 4.69) is 25.6 Å². The van der Waals surface area contributed by atoms with Crippen LogP contribution in [0.15, 0.2) is 107 Å². The first-order valence-electron chi connectivity index (χ1n) is 21.5. The van der Waals surface area contributed by atoms with E-state index in [-0.39, 0.29) is 36.3 Å². The number of carboxylic acid groups (broad SMARTS) is 3. The zero-order valence-electron chi connectivity index (χ0n) is 38.6. The summed E-state index contributed by atoms with van der Waals surface area (Å²) in [5.74, 6) is -7.12. The number of benzene rings is 3. The number of carbonyl (C=O) groups is 7. The van der Waals surface area contributed by atoms with Gasteiger partial charge in [0.25, 0.3) is 5.91 Å². The normalized spacial score (nSPS) is 14.4. The van der Waals surface area contributed by atoms with E-state index in [9.17, 15) is 48.9 Å². The molecular weight excluding hydrogens is 942 g/mol. The molecule has 0 bridgehead atoms. The van der Waals surface area contributed by atoms with Gasteiger partial charge in [-0.25, -0.2) is 14.8 Å². The minimum absolute atomic E-state index is 0. The monoisotopic (exact) mass is 1000 g/mol. The van der Waals surface area contributed by atoms with Gasteiger partial charge in [-0.3, -0.25) is 29.1 Å². The van der Waals surface area contributed by atoms with Gasteiger partial charge < -0.3 is 63.0 Å². The van der Waals surface area contributed by atoms with Gasteiger partial charge in [-0.15, -0.1) is 0 Å². The number of aliphatic carboxylic acids is 3. The minimum atomic E-state index is -1.54. The summed E-state index contributed by atoms with van der Waals surface area (Å²) in [6.45, 7) is 4.72. The Morgan fingerprint density at radius 3 is 1.57 bits per heavy atom. The fourth-order valence-corrected chi connectivity index (χ4v) is 6.57. The molecule has 0 saturated carbocycles. The second-order valence-corrected chi connectivity index (χ2v) is 16.0. The van der Waals surface area contributed by atoms with Gasteiger partial charge in [-0.05, 0) is 50.3 Å². The maximum atomic E-state index is 13.9. The number of carbonyl (C=O) groups excluding carboxylic acids is 6. The van der Waals surface area contributed by atoms with Crippen LogP contribution in [-0.2, 0) is 83.4 Å². The van der Waals surface area contributed by atoms with E-state index in [1.807, 2.05) is 60.7 Å². The molecule has 7 atom stereocenters. The molecule has 21 nitrogen and oxygen atoms in total. The van der Waals surface area contributed by atoms with Gasteiger partial charge in [-0.2, -0.15) is 0 Å². The second kappa shape index (κ2) is 29.1. The zero-order valence-corrected chi connectivity index (χ0v) is 39.5. The fourth-order valence-electron chi connectivity index (χ4n) is 6.57. The quantitative estimate of drug-likeness (QED) is 0.0449. The van der Waals surface area contributed by atoms with E-state index in [0.717, 1.165) is 11.1 Å². The molecule has 69 heavy (non-hydrogen) atoms. The summed E-state index contributed by atoms with van der Waals surface area (Å²) in [4.78, 5) is 99.7. The molecular formula is C47H59CuN11O10. The third-order valence-electron chi connectivity index (χ3n) is 10.4. The first-order chi connectivity index (χ1) is 32.2. The number of aryl methyl sites for hydroxylation is 2. The van der Waals surface area contributed by atoms with E-state index < -0.39 is 83.8 Å². The molecule has 22 heteroatoms. The van der Waals surface area contributed by atoms with Crippen molar-refractivity contribution >= 4 is 53.6 Å². The number of imidazole rings is 1. The van der Waals surface area contributed by atoms with Crippen LogP contribution in [0.4, 0.5) is 0 Å².